The summed E-state index contributed by atoms with van der Waals surface area (Å²) in [6.07, 6.45) is 12.7. The molecule has 2 aromatic carbocycles. The lowest BCUT2D eigenvalue weighted by atomic mass is 9.81. The molecule has 190 valence electrons. The van der Waals surface area contributed by atoms with E-state index in [-0.39, 0.29) is 17.4 Å². The van der Waals surface area contributed by atoms with Gasteiger partial charge in [0.25, 0.3) is 0 Å². The lowest BCUT2D eigenvalue weighted by molar-refractivity contribution is -0.438. The van der Waals surface area contributed by atoms with Crippen LogP contribution in [0.3, 0.4) is 0 Å². The van der Waals surface area contributed by atoms with Crippen LogP contribution in [0.5, 0.6) is 0 Å². The molecule has 4 heteroatoms. The number of rotatable bonds is 10. The SMILES string of the molecule is COCCC[N+]1=C(C=CC=CC=C2N(CCCO)c3ccccc3C2(C)C)C(C)(C)c2ccccc21. The second-order valence-electron chi connectivity index (χ2n) is 10.7. The van der Waals surface area contributed by atoms with E-state index in [0.29, 0.717) is 0 Å². The van der Waals surface area contributed by atoms with Crippen molar-refractivity contribution in [2.24, 2.45) is 0 Å². The van der Waals surface area contributed by atoms with Gasteiger partial charge in [-0.25, -0.2) is 0 Å². The molecule has 2 aliphatic heterocycles. The average Bonchev–Trinajstić information content (AvgIpc) is 3.22. The van der Waals surface area contributed by atoms with E-state index in [9.17, 15) is 5.11 Å². The highest BCUT2D eigenvalue weighted by atomic mass is 16.5. The van der Waals surface area contributed by atoms with E-state index in [1.165, 1.54) is 33.9 Å². The third kappa shape index (κ3) is 4.85. The van der Waals surface area contributed by atoms with Gasteiger partial charge in [0.15, 0.2) is 12.3 Å². The lowest BCUT2D eigenvalue weighted by Gasteiger charge is -2.26. The third-order valence-electron chi connectivity index (χ3n) is 7.60. The fourth-order valence-corrected chi connectivity index (χ4v) is 5.72. The van der Waals surface area contributed by atoms with Crippen molar-refractivity contribution in [2.45, 2.75) is 51.4 Å². The predicted octanol–water partition coefficient (Wildman–Crippen LogP) is 6.28. The average molecular weight is 486 g/mol. The second kappa shape index (κ2) is 11.0. The van der Waals surface area contributed by atoms with E-state index in [1.807, 2.05) is 0 Å². The molecule has 0 unspecified atom stereocenters. The number of methoxy groups -OCH3 is 1. The van der Waals surface area contributed by atoms with Gasteiger partial charge in [-0.3, -0.25) is 0 Å². The summed E-state index contributed by atoms with van der Waals surface area (Å²) in [6.45, 7) is 11.9. The molecule has 0 saturated heterocycles. The predicted molar refractivity (Wildman–Crippen MR) is 151 cm³/mol. The fourth-order valence-electron chi connectivity index (χ4n) is 5.72. The number of nitrogens with zero attached hydrogens (tertiary/aromatic N) is 2. The molecule has 36 heavy (non-hydrogen) atoms. The highest BCUT2D eigenvalue weighted by Gasteiger charge is 2.43. The smallest absolute Gasteiger partial charge is 0.209 e. The number of fused-ring (bicyclic) bond motifs is 2. The van der Waals surface area contributed by atoms with Crippen LogP contribution in [0.1, 0.15) is 51.7 Å². The number of allylic oxidation sites excluding steroid dienone is 6. The standard InChI is InChI=1S/C32H41N2O2/c1-31(2)25-15-9-11-17-27(25)33(21-13-23-35)29(31)19-7-6-8-20-30-32(3,4)26-16-10-12-18-28(26)34(30)22-14-24-36-5/h6-12,15-20,35H,13-14,21-24H2,1-5H3/q+1. The van der Waals surface area contributed by atoms with E-state index in [0.717, 1.165) is 32.5 Å². The maximum atomic E-state index is 9.46. The van der Waals surface area contributed by atoms with Crippen molar-refractivity contribution in [3.05, 3.63) is 95.7 Å². The minimum absolute atomic E-state index is 0.0529. The fraction of sp³-hybridized carbons (Fsp3) is 0.406. The molecule has 0 amide bonds. The van der Waals surface area contributed by atoms with E-state index < -0.39 is 0 Å². The molecule has 1 N–H and O–H groups in total. The van der Waals surface area contributed by atoms with Gasteiger partial charge in [0, 0.05) is 61.2 Å². The van der Waals surface area contributed by atoms with Crippen molar-refractivity contribution in [3.8, 4) is 0 Å². The van der Waals surface area contributed by atoms with Gasteiger partial charge in [-0.2, -0.15) is 4.58 Å². The molecule has 0 spiro atoms. The summed E-state index contributed by atoms with van der Waals surface area (Å²) in [4.78, 5) is 2.36. The maximum absolute atomic E-state index is 9.46. The molecule has 0 fully saturated rings. The van der Waals surface area contributed by atoms with E-state index in [2.05, 4.69) is 116 Å². The van der Waals surface area contributed by atoms with Gasteiger partial charge in [-0.1, -0.05) is 68.5 Å². The van der Waals surface area contributed by atoms with Crippen LogP contribution in [0, 0.1) is 0 Å². The number of anilines is 1. The van der Waals surface area contributed by atoms with Crippen molar-refractivity contribution < 1.29 is 14.4 Å². The number of benzene rings is 2. The van der Waals surface area contributed by atoms with Crippen LogP contribution in [-0.4, -0.2) is 48.8 Å². The largest absolute Gasteiger partial charge is 0.396 e. The maximum Gasteiger partial charge on any atom is 0.209 e. The molecule has 0 bridgehead atoms. The van der Waals surface area contributed by atoms with Gasteiger partial charge in [-0.05, 0) is 38.0 Å². The Morgan fingerprint density at radius 2 is 1.61 bits per heavy atom. The molecule has 2 aromatic rings. The Balaban J connectivity index is 1.60. The molecule has 4 rings (SSSR count). The van der Waals surface area contributed by atoms with Crippen molar-refractivity contribution in [2.75, 3.05) is 38.3 Å². The quantitative estimate of drug-likeness (QED) is 0.245. The van der Waals surface area contributed by atoms with Gasteiger partial charge in [0.05, 0.1) is 12.0 Å². The zero-order chi connectivity index (χ0) is 25.8. The minimum Gasteiger partial charge on any atom is -0.396 e. The normalized spacial score (nSPS) is 19.2. The first kappa shape index (κ1) is 26.1. The first-order valence-electron chi connectivity index (χ1n) is 13.1. The Morgan fingerprint density at radius 1 is 0.889 bits per heavy atom. The third-order valence-corrected chi connectivity index (χ3v) is 7.60. The number of ether oxygens (including phenoxy) is 1. The summed E-state index contributed by atoms with van der Waals surface area (Å²) in [6, 6.07) is 17.4. The second-order valence-corrected chi connectivity index (χ2v) is 10.7. The number of hydrogen-bond donors (Lipinski definition) is 1. The van der Waals surface area contributed by atoms with Crippen LogP contribution in [-0.2, 0) is 15.6 Å². The summed E-state index contributed by atoms with van der Waals surface area (Å²) in [5, 5.41) is 9.46. The van der Waals surface area contributed by atoms with E-state index >= 15 is 0 Å². The van der Waals surface area contributed by atoms with Gasteiger partial charge in [0.2, 0.25) is 5.69 Å². The summed E-state index contributed by atoms with van der Waals surface area (Å²) < 4.78 is 7.77. The summed E-state index contributed by atoms with van der Waals surface area (Å²) in [7, 11) is 1.76. The van der Waals surface area contributed by atoms with Crippen molar-refractivity contribution >= 4 is 17.1 Å². The Hall–Kier alpha value is -2.95. The Labute approximate surface area is 216 Å². The van der Waals surface area contributed by atoms with Crippen molar-refractivity contribution in [1.82, 2.24) is 0 Å². The number of para-hydroxylation sites is 2. The molecule has 4 nitrogen and oxygen atoms in total. The summed E-state index contributed by atoms with van der Waals surface area (Å²) >= 11 is 0. The van der Waals surface area contributed by atoms with E-state index in [4.69, 9.17) is 4.74 Å². The molecule has 0 saturated carbocycles. The van der Waals surface area contributed by atoms with Crippen LogP contribution >= 0.6 is 0 Å². The molecule has 2 heterocycles. The lowest BCUT2D eigenvalue weighted by Crippen LogP contribution is -2.28. The highest BCUT2D eigenvalue weighted by molar-refractivity contribution is 6.03. The molecule has 2 aliphatic rings. The topological polar surface area (TPSA) is 35.7 Å². The van der Waals surface area contributed by atoms with Gasteiger partial charge < -0.3 is 14.7 Å². The van der Waals surface area contributed by atoms with Crippen LogP contribution in [0.15, 0.2) is 84.6 Å². The molecular weight excluding hydrogens is 444 g/mol. The molecule has 0 aromatic heterocycles. The van der Waals surface area contributed by atoms with Gasteiger partial charge >= 0.3 is 0 Å². The summed E-state index contributed by atoms with van der Waals surface area (Å²) in [5.41, 5.74) is 7.71. The van der Waals surface area contributed by atoms with Crippen molar-refractivity contribution in [3.63, 3.8) is 0 Å². The molecule has 0 radical (unpaired) electrons. The van der Waals surface area contributed by atoms with Crippen LogP contribution in [0.4, 0.5) is 11.4 Å². The van der Waals surface area contributed by atoms with Gasteiger partial charge in [-0.15, -0.1) is 0 Å². The Kier molecular flexibility index (Phi) is 7.97. The number of aliphatic hydroxyl groups is 1. The first-order chi connectivity index (χ1) is 17.3. The minimum atomic E-state index is -0.0813. The van der Waals surface area contributed by atoms with E-state index in [1.54, 1.807) is 7.11 Å². The highest BCUT2D eigenvalue weighted by Crippen LogP contribution is 2.47. The van der Waals surface area contributed by atoms with Gasteiger partial charge in [0.1, 0.15) is 0 Å². The molecule has 0 aliphatic carbocycles. The molecule has 0 atom stereocenters. The Morgan fingerprint density at radius 3 is 2.36 bits per heavy atom. The zero-order valence-corrected chi connectivity index (χ0v) is 22.5. The monoisotopic (exact) mass is 485 g/mol. The van der Waals surface area contributed by atoms with Crippen LogP contribution in [0.2, 0.25) is 0 Å². The Bertz CT molecular complexity index is 1200. The van der Waals surface area contributed by atoms with Crippen molar-refractivity contribution in [1.29, 1.82) is 0 Å². The zero-order valence-electron chi connectivity index (χ0n) is 22.5. The summed E-state index contributed by atoms with van der Waals surface area (Å²) in [5.74, 6) is 0. The first-order valence-corrected chi connectivity index (χ1v) is 13.1. The number of aliphatic hydroxyl groups excluding tert-OH is 1. The number of hydrogen-bond acceptors (Lipinski definition) is 3. The van der Waals surface area contributed by atoms with Crippen LogP contribution in [0.25, 0.3) is 0 Å². The molecular formula is C32H41N2O2+. The van der Waals surface area contributed by atoms with Crippen LogP contribution < -0.4 is 4.90 Å².